The second-order valence-electron chi connectivity index (χ2n) is 12.8. The van der Waals surface area contributed by atoms with Crippen molar-refractivity contribution in [1.29, 1.82) is 0 Å². The minimum atomic E-state index is 0.682. The monoisotopic (exact) mass is 655 g/mol. The van der Waals surface area contributed by atoms with Gasteiger partial charge in [-0.05, 0) is 24.3 Å². The first-order chi connectivity index (χ1) is 24.4. The maximum absolute atomic E-state index is 6.47. The van der Waals surface area contributed by atoms with Crippen LogP contribution in [0, 0.1) is 0 Å². The summed E-state index contributed by atoms with van der Waals surface area (Å²) in [5.41, 5.74) is 6.37. The predicted octanol–water partition coefficient (Wildman–Crippen LogP) is 7.43. The Kier molecular flexibility index (Phi) is 6.80. The van der Waals surface area contributed by atoms with Gasteiger partial charge in [-0.25, -0.2) is 24.1 Å². The number of rotatable bonds is 4. The van der Waals surface area contributed by atoms with Crippen LogP contribution in [-0.4, -0.2) is 43.1 Å². The van der Waals surface area contributed by atoms with Crippen molar-refractivity contribution in [3.05, 3.63) is 126 Å². The molecular weight excluding hydrogens is 622 g/mol. The fourth-order valence-electron chi connectivity index (χ4n) is 6.50. The summed E-state index contributed by atoms with van der Waals surface area (Å²) in [5, 5.41) is 13.3. The topological polar surface area (TPSA) is 95.0 Å². The van der Waals surface area contributed by atoms with Crippen LogP contribution < -0.4 is 30.5 Å². The lowest BCUT2D eigenvalue weighted by atomic mass is 10.1. The second kappa shape index (κ2) is 11.5. The van der Waals surface area contributed by atoms with E-state index in [-0.39, 0.29) is 0 Å². The summed E-state index contributed by atoms with van der Waals surface area (Å²) < 4.78 is 17.0. The Labute approximate surface area is 286 Å². The molecular formula is C41H33N7O2+2. The van der Waals surface area contributed by atoms with Crippen molar-refractivity contribution in [2.24, 2.45) is 0 Å². The number of anilines is 4. The van der Waals surface area contributed by atoms with Crippen LogP contribution in [-0.2, 0) is 0 Å². The minimum Gasteiger partial charge on any atom is -0.452 e. The largest absolute Gasteiger partial charge is 0.452 e. The van der Waals surface area contributed by atoms with Crippen LogP contribution >= 0.6 is 0 Å². The molecule has 1 aromatic heterocycles. The number of hydrogen-bond acceptors (Lipinski definition) is 7. The third kappa shape index (κ3) is 5.07. The maximum atomic E-state index is 6.47. The van der Waals surface area contributed by atoms with Gasteiger partial charge in [-0.2, -0.15) is 0 Å². The molecule has 3 heterocycles. The molecule has 9 nitrogen and oxygen atoms in total. The van der Waals surface area contributed by atoms with E-state index in [1.807, 2.05) is 107 Å². The van der Waals surface area contributed by atoms with Gasteiger partial charge in [0, 0.05) is 45.8 Å². The van der Waals surface area contributed by atoms with E-state index in [1.165, 1.54) is 0 Å². The molecule has 0 fully saturated rings. The van der Waals surface area contributed by atoms with Crippen LogP contribution in [0.25, 0.3) is 66.7 Å². The van der Waals surface area contributed by atoms with Gasteiger partial charge in [0.2, 0.25) is 10.7 Å². The molecule has 0 spiro atoms. The molecule has 0 radical (unpaired) electrons. The van der Waals surface area contributed by atoms with E-state index in [1.54, 1.807) is 0 Å². The van der Waals surface area contributed by atoms with E-state index in [0.717, 1.165) is 77.6 Å². The zero-order valence-corrected chi connectivity index (χ0v) is 28.0. The van der Waals surface area contributed by atoms with Crippen molar-refractivity contribution in [3.8, 4) is 22.9 Å². The fraction of sp³-hybridized carbons (Fsp3) is 0.0976. The zero-order valence-electron chi connectivity index (χ0n) is 28.0. The number of nitrogens with one attached hydrogen (secondary N) is 2. The third-order valence-corrected chi connectivity index (χ3v) is 9.06. The molecule has 50 heavy (non-hydrogen) atoms. The quantitative estimate of drug-likeness (QED) is 0.116. The second-order valence-corrected chi connectivity index (χ2v) is 12.8. The molecule has 0 saturated carbocycles. The minimum absolute atomic E-state index is 0.682. The first-order valence-electron chi connectivity index (χ1n) is 16.4. The molecule has 0 unspecified atom stereocenters. The van der Waals surface area contributed by atoms with Crippen molar-refractivity contribution < 1.29 is 8.83 Å². The Bertz CT molecular complexity index is 2690. The Hall–Kier alpha value is -6.61. The van der Waals surface area contributed by atoms with Crippen molar-refractivity contribution >= 4 is 66.8 Å². The summed E-state index contributed by atoms with van der Waals surface area (Å²) in [7, 11) is 8.05. The molecule has 4 aliphatic rings. The molecule has 2 aliphatic heterocycles. The van der Waals surface area contributed by atoms with Crippen LogP contribution in [0.15, 0.2) is 124 Å². The summed E-state index contributed by atoms with van der Waals surface area (Å²) in [6.45, 7) is 0. The highest BCUT2D eigenvalue weighted by molar-refractivity contribution is 6.11. The summed E-state index contributed by atoms with van der Waals surface area (Å²) in [5.74, 6) is 2.82. The van der Waals surface area contributed by atoms with Crippen molar-refractivity contribution in [2.75, 3.05) is 38.8 Å². The Morgan fingerprint density at radius 3 is 1.34 bits per heavy atom. The average Bonchev–Trinajstić information content (AvgIpc) is 3.13. The smallest absolute Gasteiger partial charge is 0.203 e. The Morgan fingerprint density at radius 2 is 0.900 bits per heavy atom. The first-order valence-corrected chi connectivity index (χ1v) is 16.4. The van der Waals surface area contributed by atoms with E-state index in [9.17, 15) is 0 Å². The van der Waals surface area contributed by atoms with E-state index in [4.69, 9.17) is 23.8 Å². The lowest BCUT2D eigenvalue weighted by Gasteiger charge is -2.15. The van der Waals surface area contributed by atoms with E-state index < -0.39 is 0 Å². The summed E-state index contributed by atoms with van der Waals surface area (Å²) in [6.07, 6.45) is 0. The number of aromatic nitrogens is 3. The molecule has 0 bridgehead atoms. The van der Waals surface area contributed by atoms with Gasteiger partial charge in [0.05, 0.1) is 23.5 Å². The highest BCUT2D eigenvalue weighted by Crippen LogP contribution is 2.37. The lowest BCUT2D eigenvalue weighted by molar-refractivity contribution is 0.611. The van der Waals surface area contributed by atoms with Gasteiger partial charge in [0.15, 0.2) is 22.7 Å². The van der Waals surface area contributed by atoms with Gasteiger partial charge < -0.3 is 19.5 Å². The molecule has 4 aromatic carbocycles. The summed E-state index contributed by atoms with van der Waals surface area (Å²) >= 11 is 0. The summed E-state index contributed by atoms with van der Waals surface area (Å²) in [6, 6.07) is 38.5. The van der Waals surface area contributed by atoms with Crippen LogP contribution in [0.5, 0.6) is 0 Å². The van der Waals surface area contributed by atoms with E-state index in [2.05, 4.69) is 56.2 Å². The van der Waals surface area contributed by atoms with Gasteiger partial charge >= 0.3 is 0 Å². The number of hydrogen-bond donors (Lipinski definition) is 2. The molecule has 9 rings (SSSR count). The molecule has 0 amide bonds. The highest BCUT2D eigenvalue weighted by Gasteiger charge is 2.17. The van der Waals surface area contributed by atoms with E-state index in [0.29, 0.717) is 22.8 Å². The average molecular weight is 656 g/mol. The number of nitrogens with zero attached hydrogens (tertiary/aromatic N) is 5. The standard InChI is InChI=1S/C41H31N7O2/c1-47(2)24-16-18-30-34(20-24)49-36-22-32(26-10-5-7-12-28(26)40(36)44-30)42-38-14-9-15-39(46-38)43-33-23-37-41(29-13-8-6-11-27(29)33)45-31-19-17-25(48(3)4)21-35(31)50-37/h5-23H,1-4H3/p+2. The van der Waals surface area contributed by atoms with Crippen molar-refractivity contribution in [2.45, 2.75) is 0 Å². The third-order valence-electron chi connectivity index (χ3n) is 9.06. The Morgan fingerprint density at radius 1 is 0.460 bits per heavy atom. The van der Waals surface area contributed by atoms with Gasteiger partial charge in [-0.15, -0.1) is 0 Å². The van der Waals surface area contributed by atoms with Crippen LogP contribution in [0.4, 0.5) is 23.0 Å². The van der Waals surface area contributed by atoms with Gasteiger partial charge in [-0.1, -0.05) is 54.6 Å². The molecule has 2 aliphatic carbocycles. The number of pyridine rings is 1. The molecule has 2 N–H and O–H groups in total. The van der Waals surface area contributed by atoms with Gasteiger partial charge in [-0.3, -0.25) is 0 Å². The molecule has 242 valence electrons. The lowest BCUT2D eigenvalue weighted by Crippen LogP contribution is -2.21. The zero-order chi connectivity index (χ0) is 33.9. The normalized spacial score (nSPS) is 11.6. The molecule has 5 aromatic rings. The molecule has 0 atom stereocenters. The summed E-state index contributed by atoms with van der Waals surface area (Å²) in [4.78, 5) is 15.0. The van der Waals surface area contributed by atoms with Crippen molar-refractivity contribution in [1.82, 2.24) is 24.1 Å². The van der Waals surface area contributed by atoms with Gasteiger partial charge in [0.25, 0.3) is 0 Å². The van der Waals surface area contributed by atoms with E-state index >= 15 is 0 Å². The first kappa shape index (κ1) is 29.5. The SMILES string of the molecule is C[N+](C)=c1ccc2nc3c(cc(Nc4cccc(Nc5cc6oc7cc(=[N+](C)C)ccc-7nc6c6ccccc56)n4)c4ccccc43)oc-2c1. The van der Waals surface area contributed by atoms with Crippen LogP contribution in [0.2, 0.25) is 0 Å². The molecule has 9 heteroatoms. The highest BCUT2D eigenvalue weighted by atomic mass is 16.3. The van der Waals surface area contributed by atoms with Crippen molar-refractivity contribution in [3.63, 3.8) is 0 Å². The number of benzene rings is 6. The maximum Gasteiger partial charge on any atom is 0.203 e. The Balaban J connectivity index is 1.12. The number of fused-ring (bicyclic) bond motifs is 8. The molecule has 0 saturated heterocycles. The fourth-order valence-corrected chi connectivity index (χ4v) is 6.50. The van der Waals surface area contributed by atoms with Gasteiger partial charge in [0.1, 0.15) is 62.2 Å². The van der Waals surface area contributed by atoms with Crippen LogP contribution in [0.3, 0.4) is 0 Å². The predicted molar refractivity (Wildman–Crippen MR) is 201 cm³/mol. The van der Waals surface area contributed by atoms with Crippen LogP contribution in [0.1, 0.15) is 0 Å².